The van der Waals surface area contributed by atoms with E-state index in [2.05, 4.69) is 11.3 Å². The van der Waals surface area contributed by atoms with E-state index < -0.39 is 24.9 Å². The predicted molar refractivity (Wildman–Crippen MR) is 49.8 cm³/mol. The van der Waals surface area contributed by atoms with Crippen LogP contribution in [0.25, 0.3) is 0 Å². The molecule has 0 radical (unpaired) electrons. The van der Waals surface area contributed by atoms with Gasteiger partial charge in [0.05, 0.1) is 7.11 Å². The molecule has 0 aromatic rings. The molecule has 18 heavy (non-hydrogen) atoms. The zero-order valence-electron chi connectivity index (χ0n) is 9.47. The molecule has 0 aromatic heterocycles. The van der Waals surface area contributed by atoms with Crippen molar-refractivity contribution in [2.75, 3.05) is 7.11 Å². The molecule has 0 aliphatic rings. The van der Waals surface area contributed by atoms with Crippen LogP contribution in [0.1, 0.15) is 6.92 Å². The molecule has 0 rings (SSSR count). The third kappa shape index (κ3) is 7.93. The summed E-state index contributed by atoms with van der Waals surface area (Å²) < 4.78 is 72.6. The molecule has 0 saturated carbocycles. The Bertz CT molecular complexity index is 276. The summed E-state index contributed by atoms with van der Waals surface area (Å²) in [6, 6.07) is 0. The number of rotatable bonds is 4. The normalized spacial score (nSPS) is 14.3. The number of carbonyl (C=O) groups is 1. The van der Waals surface area contributed by atoms with Crippen molar-refractivity contribution < 1.29 is 41.0 Å². The van der Waals surface area contributed by atoms with E-state index in [1.807, 2.05) is 0 Å². The molecule has 0 amide bonds. The van der Waals surface area contributed by atoms with Gasteiger partial charge in [-0.25, -0.2) is 22.4 Å². The van der Waals surface area contributed by atoms with Crippen molar-refractivity contribution in [2.45, 2.75) is 31.8 Å². The zero-order valence-corrected chi connectivity index (χ0v) is 9.47. The smallest absolute Gasteiger partial charge is 0.387 e. The molecule has 0 aliphatic heterocycles. The van der Waals surface area contributed by atoms with E-state index in [1.54, 1.807) is 6.92 Å². The Morgan fingerprint density at radius 2 is 1.67 bits per heavy atom. The number of hydrogen-bond acceptors (Lipinski definition) is 3. The topological polar surface area (TPSA) is 46.5 Å². The van der Waals surface area contributed by atoms with Gasteiger partial charge in [0.2, 0.25) is 12.3 Å². The van der Waals surface area contributed by atoms with Crippen LogP contribution in [0.5, 0.6) is 0 Å². The first-order valence-electron chi connectivity index (χ1n) is 4.35. The van der Waals surface area contributed by atoms with E-state index >= 15 is 0 Å². The van der Waals surface area contributed by atoms with Crippen molar-refractivity contribution in [3.8, 4) is 0 Å². The Balaban J connectivity index is 0. The molecular formula is C9H12F6O3. The van der Waals surface area contributed by atoms with Crippen LogP contribution in [-0.2, 0) is 9.53 Å². The maximum atomic E-state index is 11.7. The van der Waals surface area contributed by atoms with Crippen LogP contribution in [0.15, 0.2) is 12.2 Å². The minimum Gasteiger partial charge on any atom is -0.466 e. The van der Waals surface area contributed by atoms with E-state index in [-0.39, 0.29) is 5.97 Å². The van der Waals surface area contributed by atoms with Gasteiger partial charge in [-0.05, 0) is 6.92 Å². The van der Waals surface area contributed by atoms with Gasteiger partial charge >= 0.3 is 12.1 Å². The Labute approximate surface area is 99.0 Å². The molecule has 0 fully saturated rings. The van der Waals surface area contributed by atoms with Gasteiger partial charge in [0, 0.05) is 5.57 Å². The van der Waals surface area contributed by atoms with Gasteiger partial charge in [-0.15, -0.1) is 0 Å². The molecular weight excluding hydrogens is 270 g/mol. The van der Waals surface area contributed by atoms with Crippen LogP contribution in [0, 0.1) is 0 Å². The van der Waals surface area contributed by atoms with Crippen molar-refractivity contribution in [1.29, 1.82) is 0 Å². The highest BCUT2D eigenvalue weighted by molar-refractivity contribution is 5.86. The van der Waals surface area contributed by atoms with Crippen molar-refractivity contribution in [3.63, 3.8) is 0 Å². The van der Waals surface area contributed by atoms with Crippen LogP contribution in [0.2, 0.25) is 0 Å². The lowest BCUT2D eigenvalue weighted by molar-refractivity contribution is -0.260. The number of ether oxygens (including phenoxy) is 1. The molecule has 0 heterocycles. The Morgan fingerprint density at radius 3 is 1.72 bits per heavy atom. The number of esters is 1. The summed E-state index contributed by atoms with van der Waals surface area (Å²) in [4.78, 5) is 10.2. The molecule has 0 bridgehead atoms. The average Bonchev–Trinajstić information content (AvgIpc) is 2.25. The molecule has 108 valence electrons. The summed E-state index contributed by atoms with van der Waals surface area (Å²) in [5.41, 5.74) is 0.433. The highest BCUT2D eigenvalue weighted by Gasteiger charge is 2.47. The first-order chi connectivity index (χ1) is 7.95. The lowest BCUT2D eigenvalue weighted by Gasteiger charge is -2.16. The van der Waals surface area contributed by atoms with Crippen LogP contribution >= 0.6 is 0 Å². The fourth-order valence-corrected chi connectivity index (χ4v) is 0.494. The summed E-state index contributed by atoms with van der Waals surface area (Å²) in [5.74, 6) is -0.347. The van der Waals surface area contributed by atoms with Crippen molar-refractivity contribution >= 4 is 5.97 Å². The summed E-state index contributed by atoms with van der Waals surface area (Å²) in [7, 11) is 1.33. The maximum absolute atomic E-state index is 11.7. The van der Waals surface area contributed by atoms with Gasteiger partial charge in [-0.1, -0.05) is 6.58 Å². The minimum atomic E-state index is -5.06. The third-order valence-corrected chi connectivity index (χ3v) is 1.39. The lowest BCUT2D eigenvalue weighted by Crippen LogP contribution is -2.40. The highest BCUT2D eigenvalue weighted by Crippen LogP contribution is 2.25. The van der Waals surface area contributed by atoms with Crippen LogP contribution in [-0.4, -0.2) is 43.1 Å². The fourth-order valence-electron chi connectivity index (χ4n) is 0.494. The van der Waals surface area contributed by atoms with Crippen LogP contribution < -0.4 is 0 Å². The van der Waals surface area contributed by atoms with E-state index in [0.717, 1.165) is 0 Å². The van der Waals surface area contributed by atoms with E-state index in [9.17, 15) is 31.1 Å². The molecule has 2 unspecified atom stereocenters. The Morgan fingerprint density at radius 1 is 1.28 bits per heavy atom. The molecule has 0 spiro atoms. The molecule has 0 aromatic carbocycles. The van der Waals surface area contributed by atoms with Crippen molar-refractivity contribution in [2.24, 2.45) is 0 Å². The minimum absolute atomic E-state index is 0.347. The average molecular weight is 282 g/mol. The Kier molecular flexibility index (Phi) is 8.44. The van der Waals surface area contributed by atoms with Crippen molar-refractivity contribution in [1.82, 2.24) is 0 Å². The summed E-state index contributed by atoms with van der Waals surface area (Å²) in [6.45, 7) is 4.95. The van der Waals surface area contributed by atoms with Gasteiger partial charge in [-0.3, -0.25) is 0 Å². The van der Waals surface area contributed by atoms with E-state index in [4.69, 9.17) is 5.11 Å². The molecule has 1 N–H and O–H groups in total. The number of aliphatic hydroxyl groups is 1. The first kappa shape index (κ1) is 19.1. The number of methoxy groups -OCH3 is 1. The van der Waals surface area contributed by atoms with Gasteiger partial charge in [0.15, 0.2) is 0 Å². The van der Waals surface area contributed by atoms with Gasteiger partial charge in [0.1, 0.15) is 0 Å². The fraction of sp³-hybridized carbons (Fsp3) is 0.667. The highest BCUT2D eigenvalue weighted by atomic mass is 19.3. The van der Waals surface area contributed by atoms with Gasteiger partial charge in [0.25, 0.3) is 6.43 Å². The number of hydrogen-bond donors (Lipinski definition) is 1. The van der Waals surface area contributed by atoms with E-state index in [0.29, 0.717) is 5.57 Å². The molecule has 0 saturated heterocycles. The van der Waals surface area contributed by atoms with Gasteiger partial charge < -0.3 is 9.84 Å². The van der Waals surface area contributed by atoms with Crippen molar-refractivity contribution in [3.05, 3.63) is 12.2 Å². The monoisotopic (exact) mass is 282 g/mol. The Hall–Kier alpha value is -1.25. The van der Waals surface area contributed by atoms with Gasteiger partial charge in [-0.2, -0.15) is 8.78 Å². The third-order valence-electron chi connectivity index (χ3n) is 1.39. The predicted octanol–water partition coefficient (Wildman–Crippen LogP) is 2.25. The first-order valence-corrected chi connectivity index (χ1v) is 4.35. The number of carbonyl (C=O) groups excluding carboxylic acids is 1. The summed E-state index contributed by atoms with van der Waals surface area (Å²) in [6.07, 6.45) is -16.5. The maximum Gasteiger partial charge on any atom is 0.387 e. The largest absolute Gasteiger partial charge is 0.466 e. The van der Waals surface area contributed by atoms with Crippen LogP contribution in [0.4, 0.5) is 26.3 Å². The number of halogens is 6. The van der Waals surface area contributed by atoms with E-state index in [1.165, 1.54) is 7.11 Å². The molecule has 3 nitrogen and oxygen atoms in total. The van der Waals surface area contributed by atoms with Crippen LogP contribution in [0.3, 0.4) is 0 Å². The lowest BCUT2D eigenvalue weighted by atomic mass is 10.2. The summed E-state index contributed by atoms with van der Waals surface area (Å²) >= 11 is 0. The SMILES string of the molecule is C=C(C)C(=O)OC.OC(F)(F)C(F)C(F)C(F)F. The second kappa shape index (κ2) is 7.96. The molecule has 2 atom stereocenters. The quantitative estimate of drug-likeness (QED) is 0.488. The summed E-state index contributed by atoms with van der Waals surface area (Å²) in [5, 5.41) is 7.42. The standard InChI is InChI=1S/C5H8O2.C4H4F6O/c1-4(2)5(6)7-3;5-1(3(7)8)2(6)4(9,10)11/h1H2,2-3H3;1-3,11H. The zero-order chi connectivity index (χ0) is 15.1. The molecule has 9 heteroatoms. The number of alkyl halides is 6. The second-order valence-electron chi connectivity index (χ2n) is 3.04. The molecule has 0 aliphatic carbocycles. The second-order valence-corrected chi connectivity index (χ2v) is 3.04.